The van der Waals surface area contributed by atoms with Crippen molar-refractivity contribution in [3.05, 3.63) is 24.3 Å². The van der Waals surface area contributed by atoms with Gasteiger partial charge < -0.3 is 15.0 Å². The second-order valence-electron chi connectivity index (χ2n) is 6.53. The summed E-state index contributed by atoms with van der Waals surface area (Å²) in [6, 6.07) is -0.0227. The molecular formula is C16H24FN5O2. The first-order valence-electron chi connectivity index (χ1n) is 8.31. The Labute approximate surface area is 141 Å². The van der Waals surface area contributed by atoms with Crippen molar-refractivity contribution in [2.45, 2.75) is 31.3 Å². The highest BCUT2D eigenvalue weighted by molar-refractivity contribution is 5.81. The van der Waals surface area contributed by atoms with Crippen LogP contribution in [0.15, 0.2) is 18.7 Å². The Balaban J connectivity index is 1.52. The Kier molecular flexibility index (Phi) is 5.70. The van der Waals surface area contributed by atoms with Crippen molar-refractivity contribution >= 4 is 5.91 Å². The third-order valence-electron chi connectivity index (χ3n) is 4.55. The molecule has 2 aliphatic rings. The highest BCUT2D eigenvalue weighted by atomic mass is 19.1. The van der Waals surface area contributed by atoms with E-state index in [0.29, 0.717) is 39.2 Å². The Morgan fingerprint density at radius 1 is 1.42 bits per heavy atom. The van der Waals surface area contributed by atoms with Gasteiger partial charge in [-0.25, -0.2) is 14.4 Å². The monoisotopic (exact) mass is 337 g/mol. The molecule has 3 atom stereocenters. The van der Waals surface area contributed by atoms with Crippen LogP contribution in [0.5, 0.6) is 0 Å². The van der Waals surface area contributed by atoms with E-state index in [-0.39, 0.29) is 11.9 Å². The Morgan fingerprint density at radius 2 is 2.21 bits per heavy atom. The van der Waals surface area contributed by atoms with E-state index in [4.69, 9.17) is 4.74 Å². The van der Waals surface area contributed by atoms with Crippen molar-refractivity contribution in [2.75, 3.05) is 39.8 Å². The second kappa shape index (κ2) is 7.96. The van der Waals surface area contributed by atoms with E-state index in [1.807, 2.05) is 11.9 Å². The summed E-state index contributed by atoms with van der Waals surface area (Å²) in [5.74, 6) is -0.119. The number of nitrogens with one attached hydrogen (secondary N) is 1. The quantitative estimate of drug-likeness (QED) is 0.805. The SMILES string of the molecule is CN1CCOC(C(=O)NC[C@@H]2C[C@H](F)CN2Cc2cncnc2)C1. The maximum atomic E-state index is 13.8. The molecule has 0 saturated carbocycles. The van der Waals surface area contributed by atoms with Crippen LogP contribution in [-0.2, 0) is 16.1 Å². The second-order valence-corrected chi connectivity index (χ2v) is 6.53. The molecule has 0 aromatic carbocycles. The number of likely N-dealkylation sites (tertiary alicyclic amines) is 1. The highest BCUT2D eigenvalue weighted by Gasteiger charge is 2.33. The molecule has 8 heteroatoms. The Bertz CT molecular complexity index is 547. The molecule has 0 spiro atoms. The van der Waals surface area contributed by atoms with E-state index in [1.165, 1.54) is 6.33 Å². The summed E-state index contributed by atoms with van der Waals surface area (Å²) in [6.07, 6.45) is 4.07. The van der Waals surface area contributed by atoms with Gasteiger partial charge in [-0.15, -0.1) is 0 Å². The third kappa shape index (κ3) is 4.46. The molecule has 7 nitrogen and oxygen atoms in total. The molecule has 1 amide bonds. The van der Waals surface area contributed by atoms with E-state index in [1.54, 1.807) is 12.4 Å². The lowest BCUT2D eigenvalue weighted by Crippen LogP contribution is -2.50. The zero-order valence-electron chi connectivity index (χ0n) is 13.9. The number of morpholine rings is 1. The maximum absolute atomic E-state index is 13.8. The van der Waals surface area contributed by atoms with Gasteiger partial charge in [0.05, 0.1) is 6.61 Å². The molecule has 2 aliphatic heterocycles. The summed E-state index contributed by atoms with van der Waals surface area (Å²) >= 11 is 0. The summed E-state index contributed by atoms with van der Waals surface area (Å²) in [5.41, 5.74) is 0.945. The lowest BCUT2D eigenvalue weighted by atomic mass is 10.2. The van der Waals surface area contributed by atoms with Crippen molar-refractivity contribution in [3.63, 3.8) is 0 Å². The number of ether oxygens (including phenoxy) is 1. The fourth-order valence-corrected chi connectivity index (χ4v) is 3.24. The van der Waals surface area contributed by atoms with Crippen molar-refractivity contribution < 1.29 is 13.9 Å². The standard InChI is InChI=1S/C16H24FN5O2/c1-21-2-3-24-15(10-21)16(23)20-7-14-4-13(17)9-22(14)8-12-5-18-11-19-6-12/h5-6,11,13-15H,2-4,7-10H2,1H3,(H,20,23)/t13-,14-,15?/m0/s1. The third-order valence-corrected chi connectivity index (χ3v) is 4.55. The number of aromatic nitrogens is 2. The number of halogens is 1. The van der Waals surface area contributed by atoms with Gasteiger partial charge in [-0.1, -0.05) is 0 Å². The maximum Gasteiger partial charge on any atom is 0.250 e. The Hall–Kier alpha value is -1.64. The van der Waals surface area contributed by atoms with Crippen LogP contribution < -0.4 is 5.32 Å². The van der Waals surface area contributed by atoms with Gasteiger partial charge in [0.1, 0.15) is 18.6 Å². The molecule has 0 aliphatic carbocycles. The first-order chi connectivity index (χ1) is 11.6. The minimum atomic E-state index is -0.867. The van der Waals surface area contributed by atoms with Gasteiger partial charge in [0.2, 0.25) is 0 Å². The lowest BCUT2D eigenvalue weighted by Gasteiger charge is -2.30. The first kappa shape index (κ1) is 17.2. The number of carbonyl (C=O) groups excluding carboxylic acids is 1. The molecule has 24 heavy (non-hydrogen) atoms. The molecule has 1 aromatic heterocycles. The molecule has 3 rings (SSSR count). The number of rotatable bonds is 5. The smallest absolute Gasteiger partial charge is 0.250 e. The van der Waals surface area contributed by atoms with Crippen LogP contribution in [0.3, 0.4) is 0 Å². The molecule has 0 radical (unpaired) electrons. The van der Waals surface area contributed by atoms with Gasteiger partial charge in [-0.05, 0) is 13.5 Å². The molecule has 132 valence electrons. The molecule has 2 fully saturated rings. The normalized spacial score (nSPS) is 28.8. The van der Waals surface area contributed by atoms with Crippen LogP contribution in [-0.4, -0.2) is 83.8 Å². The van der Waals surface area contributed by atoms with Crippen LogP contribution in [0.4, 0.5) is 4.39 Å². The van der Waals surface area contributed by atoms with Crippen molar-refractivity contribution in [1.82, 2.24) is 25.1 Å². The van der Waals surface area contributed by atoms with Crippen LogP contribution in [0.25, 0.3) is 0 Å². The summed E-state index contributed by atoms with van der Waals surface area (Å²) in [7, 11) is 1.97. The van der Waals surface area contributed by atoms with Gasteiger partial charge in [0.15, 0.2) is 0 Å². The minimum Gasteiger partial charge on any atom is -0.366 e. The number of nitrogens with zero attached hydrogens (tertiary/aromatic N) is 4. The fraction of sp³-hybridized carbons (Fsp3) is 0.688. The van der Waals surface area contributed by atoms with E-state index in [0.717, 1.165) is 12.1 Å². The largest absolute Gasteiger partial charge is 0.366 e. The number of carbonyl (C=O) groups is 1. The van der Waals surface area contributed by atoms with Crippen molar-refractivity contribution in [2.24, 2.45) is 0 Å². The first-order valence-corrected chi connectivity index (χ1v) is 8.31. The van der Waals surface area contributed by atoms with E-state index in [2.05, 4.69) is 20.2 Å². The van der Waals surface area contributed by atoms with Gasteiger partial charge in [-0.3, -0.25) is 9.69 Å². The predicted molar refractivity (Wildman–Crippen MR) is 86.0 cm³/mol. The number of amides is 1. The molecule has 1 aromatic rings. The molecular weight excluding hydrogens is 313 g/mol. The van der Waals surface area contributed by atoms with Crippen LogP contribution in [0, 0.1) is 0 Å². The Morgan fingerprint density at radius 3 is 2.96 bits per heavy atom. The van der Waals surface area contributed by atoms with Gasteiger partial charge >= 0.3 is 0 Å². The number of hydrogen-bond acceptors (Lipinski definition) is 6. The van der Waals surface area contributed by atoms with Crippen LogP contribution in [0.1, 0.15) is 12.0 Å². The average Bonchev–Trinajstić information content (AvgIpc) is 2.93. The van der Waals surface area contributed by atoms with Crippen molar-refractivity contribution in [1.29, 1.82) is 0 Å². The highest BCUT2D eigenvalue weighted by Crippen LogP contribution is 2.22. The van der Waals surface area contributed by atoms with E-state index < -0.39 is 12.3 Å². The van der Waals surface area contributed by atoms with E-state index in [9.17, 15) is 9.18 Å². The topological polar surface area (TPSA) is 70.6 Å². The van der Waals surface area contributed by atoms with Gasteiger partial charge in [0.25, 0.3) is 5.91 Å². The van der Waals surface area contributed by atoms with Crippen LogP contribution in [0.2, 0.25) is 0 Å². The summed E-state index contributed by atoms with van der Waals surface area (Å²) in [4.78, 5) is 24.3. The number of likely N-dealkylation sites (N-methyl/N-ethyl adjacent to an activating group) is 1. The fourth-order valence-electron chi connectivity index (χ4n) is 3.24. The van der Waals surface area contributed by atoms with E-state index >= 15 is 0 Å². The molecule has 0 bridgehead atoms. The lowest BCUT2D eigenvalue weighted by molar-refractivity contribution is -0.138. The summed E-state index contributed by atoms with van der Waals surface area (Å²) < 4.78 is 19.4. The molecule has 3 heterocycles. The minimum absolute atomic E-state index is 0.0227. The number of alkyl halides is 1. The molecule has 2 saturated heterocycles. The number of hydrogen-bond donors (Lipinski definition) is 1. The average molecular weight is 337 g/mol. The van der Waals surface area contributed by atoms with Gasteiger partial charge in [-0.2, -0.15) is 0 Å². The zero-order chi connectivity index (χ0) is 16.9. The zero-order valence-corrected chi connectivity index (χ0v) is 13.9. The predicted octanol–water partition coefficient (Wildman–Crippen LogP) is -0.164. The van der Waals surface area contributed by atoms with Crippen LogP contribution >= 0.6 is 0 Å². The van der Waals surface area contributed by atoms with Gasteiger partial charge in [0, 0.05) is 56.7 Å². The molecule has 1 N–H and O–H groups in total. The summed E-state index contributed by atoms with van der Waals surface area (Å²) in [5, 5.41) is 2.92. The summed E-state index contributed by atoms with van der Waals surface area (Å²) in [6.45, 7) is 3.37. The van der Waals surface area contributed by atoms with Crippen molar-refractivity contribution in [3.8, 4) is 0 Å². The molecule has 1 unspecified atom stereocenters.